The molecule has 0 saturated heterocycles. The summed E-state index contributed by atoms with van der Waals surface area (Å²) < 4.78 is 68.9. The summed E-state index contributed by atoms with van der Waals surface area (Å²) in [5, 5.41) is 9.31. The smallest absolute Gasteiger partial charge is 0.257 e. The second kappa shape index (κ2) is 9.20. The van der Waals surface area contributed by atoms with Gasteiger partial charge in [-0.3, -0.25) is 4.68 Å². The number of sulfone groups is 1. The third kappa shape index (κ3) is 5.84. The minimum Gasteiger partial charge on any atom is -0.496 e. The predicted molar refractivity (Wildman–Crippen MR) is 107 cm³/mol. The number of nitrogens with zero attached hydrogens (tertiary/aromatic N) is 4. The molecule has 0 amide bonds. The summed E-state index contributed by atoms with van der Waals surface area (Å²) in [6.45, 7) is -0.542. The molecule has 1 aromatic carbocycles. The fourth-order valence-electron chi connectivity index (χ4n) is 2.65. The molecule has 2 aromatic heterocycles. The molecule has 13 heteroatoms. The van der Waals surface area contributed by atoms with Gasteiger partial charge >= 0.3 is 0 Å². The highest BCUT2D eigenvalue weighted by atomic mass is 32.2. The summed E-state index contributed by atoms with van der Waals surface area (Å²) in [4.78, 5) is 7.93. The van der Waals surface area contributed by atoms with Gasteiger partial charge in [-0.1, -0.05) is 0 Å². The Morgan fingerprint density at radius 1 is 1.26 bits per heavy atom. The van der Waals surface area contributed by atoms with E-state index in [1.807, 2.05) is 0 Å². The van der Waals surface area contributed by atoms with Crippen molar-refractivity contribution < 1.29 is 26.3 Å². The molecule has 0 aliphatic carbocycles. The highest BCUT2D eigenvalue weighted by Crippen LogP contribution is 2.24. The first kappa shape index (κ1) is 22.3. The first-order chi connectivity index (χ1) is 14.7. The highest BCUT2D eigenvalue weighted by Gasteiger charge is 2.14. The van der Waals surface area contributed by atoms with Gasteiger partial charge in [-0.25, -0.2) is 26.6 Å². The van der Waals surface area contributed by atoms with Crippen molar-refractivity contribution in [1.82, 2.24) is 19.7 Å². The Morgan fingerprint density at radius 3 is 2.71 bits per heavy atom. The van der Waals surface area contributed by atoms with E-state index >= 15 is 0 Å². The van der Waals surface area contributed by atoms with Crippen molar-refractivity contribution in [2.24, 2.45) is 0 Å². The third-order valence-corrected chi connectivity index (χ3v) is 5.20. The molecule has 0 bridgehead atoms. The van der Waals surface area contributed by atoms with E-state index in [1.54, 1.807) is 0 Å². The number of rotatable bonds is 9. The van der Waals surface area contributed by atoms with Crippen molar-refractivity contribution in [1.29, 1.82) is 0 Å². The number of halogens is 3. The molecular formula is C18H19F3N6O3S. The normalized spacial score (nSPS) is 11.5. The zero-order valence-corrected chi connectivity index (χ0v) is 17.3. The first-order valence-corrected chi connectivity index (χ1v) is 10.8. The minimum atomic E-state index is -3.44. The number of nitrogens with one attached hydrogen (secondary N) is 2. The molecule has 0 fully saturated rings. The molecule has 9 nitrogen and oxygen atoms in total. The van der Waals surface area contributed by atoms with Gasteiger partial charge in [0.1, 0.15) is 12.3 Å². The van der Waals surface area contributed by atoms with Crippen LogP contribution in [0, 0.1) is 5.82 Å². The van der Waals surface area contributed by atoms with Crippen LogP contribution in [0.15, 0.2) is 41.7 Å². The molecular weight excluding hydrogens is 437 g/mol. The van der Waals surface area contributed by atoms with Crippen LogP contribution < -0.4 is 15.4 Å². The Bertz CT molecular complexity index is 1170. The van der Waals surface area contributed by atoms with Gasteiger partial charge in [0.05, 0.1) is 30.1 Å². The van der Waals surface area contributed by atoms with E-state index in [1.165, 1.54) is 37.7 Å². The number of ether oxygens (including phenoxy) is 1. The molecule has 3 rings (SSSR count). The number of aromatic nitrogens is 4. The van der Waals surface area contributed by atoms with Crippen LogP contribution in [0.5, 0.6) is 5.75 Å². The van der Waals surface area contributed by atoms with Crippen molar-refractivity contribution in [2.45, 2.75) is 24.4 Å². The summed E-state index contributed by atoms with van der Waals surface area (Å²) in [6, 6.07) is 4.35. The summed E-state index contributed by atoms with van der Waals surface area (Å²) in [7, 11) is -2.01. The average molecular weight is 456 g/mol. The Hall–Kier alpha value is -3.35. The van der Waals surface area contributed by atoms with Gasteiger partial charge < -0.3 is 15.4 Å². The number of hydrogen-bond acceptors (Lipinski definition) is 8. The number of alkyl halides is 2. The van der Waals surface area contributed by atoms with E-state index in [0.717, 1.165) is 17.1 Å². The fourth-order valence-corrected chi connectivity index (χ4v) is 3.32. The largest absolute Gasteiger partial charge is 0.496 e. The highest BCUT2D eigenvalue weighted by molar-refractivity contribution is 7.90. The minimum absolute atomic E-state index is 0.0114. The summed E-state index contributed by atoms with van der Waals surface area (Å²) >= 11 is 0. The van der Waals surface area contributed by atoms with Crippen molar-refractivity contribution in [3.05, 3.63) is 48.2 Å². The Kier molecular flexibility index (Phi) is 6.63. The number of hydrogen-bond donors (Lipinski definition) is 2. The third-order valence-electron chi connectivity index (χ3n) is 4.08. The monoisotopic (exact) mass is 456 g/mol. The summed E-state index contributed by atoms with van der Waals surface area (Å²) in [6.07, 6.45) is 2.11. The number of methoxy groups -OCH3 is 1. The van der Waals surface area contributed by atoms with E-state index in [-0.39, 0.29) is 23.2 Å². The second-order valence-corrected chi connectivity index (χ2v) is 8.47. The zero-order valence-electron chi connectivity index (χ0n) is 16.5. The van der Waals surface area contributed by atoms with Gasteiger partial charge in [0.15, 0.2) is 21.5 Å². The number of benzene rings is 1. The van der Waals surface area contributed by atoms with Gasteiger partial charge in [0.25, 0.3) is 6.43 Å². The van der Waals surface area contributed by atoms with Crippen LogP contribution in [0.1, 0.15) is 5.56 Å². The molecule has 0 atom stereocenters. The molecule has 0 spiro atoms. The molecule has 0 saturated carbocycles. The standard InChI is InChI=1S/C18H19F3N6O3S/c1-30-15-4-3-13(31(2,28)29)5-11(15)6-22-17-14(19)8-23-18(26-17)25-12-7-24-27(9-12)10-16(20)21/h3-5,7-9,16H,6,10H2,1-2H3,(H2,22,23,25,26). The summed E-state index contributed by atoms with van der Waals surface area (Å²) in [5.74, 6) is -0.460. The predicted octanol–water partition coefficient (Wildman–Crippen LogP) is 2.85. The quantitative estimate of drug-likeness (QED) is 0.506. The van der Waals surface area contributed by atoms with E-state index in [4.69, 9.17) is 4.74 Å². The molecule has 2 heterocycles. The van der Waals surface area contributed by atoms with Crippen molar-refractivity contribution in [2.75, 3.05) is 24.0 Å². The van der Waals surface area contributed by atoms with Crippen molar-refractivity contribution >= 4 is 27.3 Å². The van der Waals surface area contributed by atoms with Crippen molar-refractivity contribution in [3.63, 3.8) is 0 Å². The van der Waals surface area contributed by atoms with Gasteiger partial charge in [0, 0.05) is 24.6 Å². The Balaban J connectivity index is 1.76. The topological polar surface area (TPSA) is 111 Å². The molecule has 0 aliphatic heterocycles. The van der Waals surface area contributed by atoms with Crippen LogP contribution in [0.3, 0.4) is 0 Å². The average Bonchev–Trinajstić information content (AvgIpc) is 3.13. The van der Waals surface area contributed by atoms with E-state index in [0.29, 0.717) is 17.0 Å². The van der Waals surface area contributed by atoms with Gasteiger partial charge in [-0.2, -0.15) is 10.1 Å². The molecule has 0 unspecified atom stereocenters. The molecule has 0 aliphatic rings. The number of anilines is 3. The van der Waals surface area contributed by atoms with Crippen LogP contribution in [0.2, 0.25) is 0 Å². The van der Waals surface area contributed by atoms with E-state index in [9.17, 15) is 21.6 Å². The molecule has 0 radical (unpaired) electrons. The van der Waals surface area contributed by atoms with Gasteiger partial charge in [0.2, 0.25) is 5.95 Å². The molecule has 31 heavy (non-hydrogen) atoms. The first-order valence-electron chi connectivity index (χ1n) is 8.86. The maximum Gasteiger partial charge on any atom is 0.257 e. The SMILES string of the molecule is COc1ccc(S(C)(=O)=O)cc1CNc1nc(Nc2cnn(CC(F)F)c2)ncc1F. The van der Waals surface area contributed by atoms with Gasteiger partial charge in [-0.15, -0.1) is 0 Å². The lowest BCUT2D eigenvalue weighted by molar-refractivity contribution is 0.122. The Morgan fingerprint density at radius 2 is 2.03 bits per heavy atom. The van der Waals surface area contributed by atoms with Crippen LogP contribution in [-0.2, 0) is 22.9 Å². The maximum absolute atomic E-state index is 14.2. The van der Waals surface area contributed by atoms with Crippen LogP contribution in [-0.4, -0.2) is 48.0 Å². The van der Waals surface area contributed by atoms with Crippen LogP contribution >= 0.6 is 0 Å². The zero-order chi connectivity index (χ0) is 22.6. The molecule has 2 N–H and O–H groups in total. The van der Waals surface area contributed by atoms with Crippen LogP contribution in [0.4, 0.5) is 30.6 Å². The fraction of sp³-hybridized carbons (Fsp3) is 0.278. The van der Waals surface area contributed by atoms with Crippen molar-refractivity contribution in [3.8, 4) is 5.75 Å². The van der Waals surface area contributed by atoms with Crippen LogP contribution in [0.25, 0.3) is 0 Å². The lowest BCUT2D eigenvalue weighted by Crippen LogP contribution is -2.09. The Labute approximate surface area is 176 Å². The molecule has 3 aromatic rings. The van der Waals surface area contributed by atoms with E-state index < -0.39 is 28.6 Å². The maximum atomic E-state index is 14.2. The lowest BCUT2D eigenvalue weighted by atomic mass is 10.2. The lowest BCUT2D eigenvalue weighted by Gasteiger charge is -2.12. The molecule has 166 valence electrons. The second-order valence-electron chi connectivity index (χ2n) is 6.46. The summed E-state index contributed by atoms with van der Waals surface area (Å²) in [5.41, 5.74) is 0.826. The van der Waals surface area contributed by atoms with Gasteiger partial charge in [-0.05, 0) is 18.2 Å². The van der Waals surface area contributed by atoms with E-state index in [2.05, 4.69) is 25.7 Å².